The summed E-state index contributed by atoms with van der Waals surface area (Å²) < 4.78 is 27.1. The second-order valence-corrected chi connectivity index (χ2v) is 6.35. The summed E-state index contributed by atoms with van der Waals surface area (Å²) in [5.41, 5.74) is 2.06. The first-order chi connectivity index (χ1) is 9.65. The smallest absolute Gasteiger partial charge is 0.263 e. The molecule has 3 rings (SSSR count). The summed E-state index contributed by atoms with van der Waals surface area (Å²) >= 11 is 0. The van der Waals surface area contributed by atoms with E-state index >= 15 is 0 Å². The molecule has 104 valence electrons. The lowest BCUT2D eigenvalue weighted by Gasteiger charge is -2.18. The predicted molar refractivity (Wildman–Crippen MR) is 78.3 cm³/mol. The van der Waals surface area contributed by atoms with Crippen LogP contribution in [0.25, 0.3) is 0 Å². The molecule has 6 heteroatoms. The van der Waals surface area contributed by atoms with Crippen LogP contribution in [0.3, 0.4) is 0 Å². The van der Waals surface area contributed by atoms with E-state index in [0.29, 0.717) is 5.82 Å². The van der Waals surface area contributed by atoms with Crippen molar-refractivity contribution in [1.82, 2.24) is 4.98 Å². The molecule has 0 unspecified atom stereocenters. The van der Waals surface area contributed by atoms with Gasteiger partial charge in [0.25, 0.3) is 10.0 Å². The number of fused-ring (bicyclic) bond motifs is 1. The van der Waals surface area contributed by atoms with Gasteiger partial charge in [-0.1, -0.05) is 6.07 Å². The van der Waals surface area contributed by atoms with E-state index in [2.05, 4.69) is 15.0 Å². The predicted octanol–water partition coefficient (Wildman–Crippen LogP) is 2.24. The van der Waals surface area contributed by atoms with Crippen molar-refractivity contribution >= 4 is 21.5 Å². The van der Waals surface area contributed by atoms with E-state index in [1.807, 2.05) is 6.07 Å². The Kier molecular flexibility index (Phi) is 3.31. The highest BCUT2D eigenvalue weighted by molar-refractivity contribution is 7.92. The Balaban J connectivity index is 1.91. The molecule has 2 heterocycles. The molecule has 0 fully saturated rings. The van der Waals surface area contributed by atoms with Crippen LogP contribution >= 0.6 is 0 Å². The molecule has 0 amide bonds. The van der Waals surface area contributed by atoms with E-state index in [9.17, 15) is 8.42 Å². The largest absolute Gasteiger partial charge is 0.385 e. The first-order valence-electron chi connectivity index (χ1n) is 6.46. The third kappa shape index (κ3) is 2.60. The fourth-order valence-electron chi connectivity index (χ4n) is 2.24. The first-order valence-corrected chi connectivity index (χ1v) is 7.94. The monoisotopic (exact) mass is 289 g/mol. The molecule has 1 aliphatic rings. The molecule has 0 saturated heterocycles. The molecule has 1 aromatic carbocycles. The van der Waals surface area contributed by atoms with Gasteiger partial charge in [-0.25, -0.2) is 13.4 Å². The van der Waals surface area contributed by atoms with Crippen LogP contribution in [0.2, 0.25) is 0 Å². The van der Waals surface area contributed by atoms with Crippen LogP contribution < -0.4 is 10.0 Å². The van der Waals surface area contributed by atoms with Gasteiger partial charge in [0.15, 0.2) is 0 Å². The third-order valence-electron chi connectivity index (χ3n) is 3.23. The Bertz CT molecular complexity index is 714. The lowest BCUT2D eigenvalue weighted by Crippen LogP contribution is -2.16. The van der Waals surface area contributed by atoms with Gasteiger partial charge in [-0.15, -0.1) is 0 Å². The molecule has 0 radical (unpaired) electrons. The Labute approximate surface area is 118 Å². The van der Waals surface area contributed by atoms with Gasteiger partial charge in [0.05, 0.1) is 4.90 Å². The van der Waals surface area contributed by atoms with Crippen molar-refractivity contribution in [2.75, 3.05) is 16.6 Å². The SMILES string of the molecule is O=S(=O)(Nc1ccccn1)c1ccc2c(c1)CCCN2. The minimum atomic E-state index is -3.59. The maximum absolute atomic E-state index is 12.3. The highest BCUT2D eigenvalue weighted by Gasteiger charge is 2.17. The number of nitrogens with one attached hydrogen (secondary N) is 2. The Morgan fingerprint density at radius 3 is 2.90 bits per heavy atom. The number of sulfonamides is 1. The maximum atomic E-state index is 12.3. The van der Waals surface area contributed by atoms with Crippen LogP contribution in [-0.2, 0) is 16.4 Å². The fourth-order valence-corrected chi connectivity index (χ4v) is 3.30. The van der Waals surface area contributed by atoms with E-state index < -0.39 is 10.0 Å². The number of anilines is 2. The Morgan fingerprint density at radius 2 is 2.10 bits per heavy atom. The molecule has 0 atom stereocenters. The van der Waals surface area contributed by atoms with E-state index in [1.165, 1.54) is 0 Å². The van der Waals surface area contributed by atoms with Crippen LogP contribution in [0.5, 0.6) is 0 Å². The summed E-state index contributed by atoms with van der Waals surface area (Å²) in [6.07, 6.45) is 3.47. The van der Waals surface area contributed by atoms with Crippen molar-refractivity contribution in [3.8, 4) is 0 Å². The lowest BCUT2D eigenvalue weighted by molar-refractivity contribution is 0.601. The van der Waals surface area contributed by atoms with Crippen molar-refractivity contribution in [3.05, 3.63) is 48.2 Å². The van der Waals surface area contributed by atoms with Gasteiger partial charge in [0, 0.05) is 18.4 Å². The minimum Gasteiger partial charge on any atom is -0.385 e. The van der Waals surface area contributed by atoms with Crippen LogP contribution in [0.15, 0.2) is 47.5 Å². The molecule has 5 nitrogen and oxygen atoms in total. The highest BCUT2D eigenvalue weighted by atomic mass is 32.2. The summed E-state index contributed by atoms with van der Waals surface area (Å²) in [6.45, 7) is 0.936. The van der Waals surface area contributed by atoms with Gasteiger partial charge in [0.1, 0.15) is 5.82 Å². The first kappa shape index (κ1) is 12.9. The Morgan fingerprint density at radius 1 is 1.20 bits per heavy atom. The zero-order valence-corrected chi connectivity index (χ0v) is 11.7. The fraction of sp³-hybridized carbons (Fsp3) is 0.214. The Hall–Kier alpha value is -2.08. The molecular weight excluding hydrogens is 274 g/mol. The zero-order valence-electron chi connectivity index (χ0n) is 10.8. The average Bonchev–Trinajstić information content (AvgIpc) is 2.47. The van der Waals surface area contributed by atoms with Crippen molar-refractivity contribution < 1.29 is 8.42 Å². The normalized spacial score (nSPS) is 14.2. The third-order valence-corrected chi connectivity index (χ3v) is 4.58. The number of nitrogens with zero attached hydrogens (tertiary/aromatic N) is 1. The minimum absolute atomic E-state index is 0.269. The molecule has 0 bridgehead atoms. The van der Waals surface area contributed by atoms with Crippen molar-refractivity contribution in [2.45, 2.75) is 17.7 Å². The molecule has 0 aliphatic carbocycles. The molecule has 0 saturated carbocycles. The van der Waals surface area contributed by atoms with Crippen LogP contribution in [0, 0.1) is 0 Å². The summed E-state index contributed by atoms with van der Waals surface area (Å²) in [5.74, 6) is 0.323. The number of hydrogen-bond acceptors (Lipinski definition) is 4. The van der Waals surface area contributed by atoms with E-state index in [0.717, 1.165) is 30.6 Å². The topological polar surface area (TPSA) is 71.1 Å². The van der Waals surface area contributed by atoms with Gasteiger partial charge in [-0.2, -0.15) is 0 Å². The number of benzene rings is 1. The van der Waals surface area contributed by atoms with Crippen molar-refractivity contribution in [3.63, 3.8) is 0 Å². The molecule has 1 aliphatic heterocycles. The van der Waals surface area contributed by atoms with Gasteiger partial charge in [-0.05, 0) is 48.7 Å². The van der Waals surface area contributed by atoms with Crippen molar-refractivity contribution in [2.24, 2.45) is 0 Å². The van der Waals surface area contributed by atoms with Gasteiger partial charge >= 0.3 is 0 Å². The number of hydrogen-bond donors (Lipinski definition) is 2. The number of aromatic nitrogens is 1. The lowest BCUT2D eigenvalue weighted by atomic mass is 10.0. The number of aryl methyl sites for hydroxylation is 1. The summed E-state index contributed by atoms with van der Waals surface area (Å²) in [7, 11) is -3.59. The number of rotatable bonds is 3. The molecule has 1 aromatic heterocycles. The van der Waals surface area contributed by atoms with Gasteiger partial charge in [-0.3, -0.25) is 4.72 Å². The molecule has 2 N–H and O–H groups in total. The standard InChI is InChI=1S/C14H15N3O2S/c18-20(19,17-14-5-1-2-8-16-14)12-6-7-13-11(10-12)4-3-9-15-13/h1-2,5-8,10,15H,3-4,9H2,(H,16,17). The van der Waals surface area contributed by atoms with Crippen LogP contribution in [0.4, 0.5) is 11.5 Å². The van der Waals surface area contributed by atoms with E-state index in [1.54, 1.807) is 36.5 Å². The molecule has 2 aromatic rings. The van der Waals surface area contributed by atoms with Crippen LogP contribution in [-0.4, -0.2) is 19.9 Å². The number of pyridine rings is 1. The van der Waals surface area contributed by atoms with E-state index in [4.69, 9.17) is 0 Å². The molecule has 0 spiro atoms. The average molecular weight is 289 g/mol. The highest BCUT2D eigenvalue weighted by Crippen LogP contribution is 2.25. The summed E-state index contributed by atoms with van der Waals surface area (Å²) in [6, 6.07) is 10.3. The van der Waals surface area contributed by atoms with Gasteiger partial charge < -0.3 is 5.32 Å². The second-order valence-electron chi connectivity index (χ2n) is 4.67. The maximum Gasteiger partial charge on any atom is 0.263 e. The second kappa shape index (κ2) is 5.13. The molecule has 20 heavy (non-hydrogen) atoms. The zero-order chi connectivity index (χ0) is 14.0. The van der Waals surface area contributed by atoms with Gasteiger partial charge in [0.2, 0.25) is 0 Å². The summed E-state index contributed by atoms with van der Waals surface area (Å²) in [4.78, 5) is 4.24. The quantitative estimate of drug-likeness (QED) is 0.909. The van der Waals surface area contributed by atoms with E-state index in [-0.39, 0.29) is 4.90 Å². The van der Waals surface area contributed by atoms with Crippen molar-refractivity contribution in [1.29, 1.82) is 0 Å². The van der Waals surface area contributed by atoms with Crippen LogP contribution in [0.1, 0.15) is 12.0 Å². The summed E-state index contributed by atoms with van der Waals surface area (Å²) in [5, 5.41) is 3.26. The molecular formula is C14H15N3O2S.